The van der Waals surface area contributed by atoms with Gasteiger partial charge in [-0.15, -0.1) is 5.10 Å². The van der Waals surface area contributed by atoms with E-state index in [-0.39, 0.29) is 17.2 Å². The Bertz CT molecular complexity index is 796. The molecule has 1 amide bonds. The molecule has 0 aliphatic carbocycles. The van der Waals surface area contributed by atoms with Crippen LogP contribution in [0.2, 0.25) is 5.02 Å². The first-order chi connectivity index (χ1) is 8.58. The Balaban J connectivity index is 2.52. The van der Waals surface area contributed by atoms with Crippen LogP contribution in [0.4, 0.5) is 5.82 Å². The molecule has 3 rings (SSSR count). The fraction of sp³-hybridized carbons (Fsp3) is 0. The SMILES string of the molecule is NC(=O)c1nnn2c1nc(N)c1cc(Cl)ccc12. The third kappa shape index (κ3) is 1.37. The Labute approximate surface area is 105 Å². The van der Waals surface area contributed by atoms with Gasteiger partial charge in [0, 0.05) is 10.4 Å². The van der Waals surface area contributed by atoms with Gasteiger partial charge in [-0.3, -0.25) is 4.79 Å². The third-order valence-electron chi connectivity index (χ3n) is 2.57. The molecule has 0 spiro atoms. The first kappa shape index (κ1) is 10.7. The molecule has 3 aromatic rings. The van der Waals surface area contributed by atoms with E-state index in [0.29, 0.717) is 15.9 Å². The number of aromatic nitrogens is 4. The van der Waals surface area contributed by atoms with Gasteiger partial charge in [-0.05, 0) is 18.2 Å². The Morgan fingerprint density at radius 3 is 2.89 bits per heavy atom. The highest BCUT2D eigenvalue weighted by Gasteiger charge is 2.16. The quantitative estimate of drug-likeness (QED) is 0.667. The summed E-state index contributed by atoms with van der Waals surface area (Å²) in [5, 5.41) is 8.71. The maximum absolute atomic E-state index is 11.2. The fourth-order valence-corrected chi connectivity index (χ4v) is 1.94. The monoisotopic (exact) mass is 262 g/mol. The number of primary amides is 1. The number of fused-ring (bicyclic) bond motifs is 3. The molecule has 7 nitrogen and oxygen atoms in total. The van der Waals surface area contributed by atoms with Gasteiger partial charge in [0.05, 0.1) is 5.52 Å². The molecule has 1 aromatic carbocycles. The van der Waals surface area contributed by atoms with Gasteiger partial charge in [0.25, 0.3) is 5.91 Å². The lowest BCUT2D eigenvalue weighted by Gasteiger charge is -2.04. The highest BCUT2D eigenvalue weighted by atomic mass is 35.5. The summed E-state index contributed by atoms with van der Waals surface area (Å²) >= 11 is 5.89. The normalized spacial score (nSPS) is 11.2. The minimum atomic E-state index is -0.704. The van der Waals surface area contributed by atoms with Crippen LogP contribution in [0.1, 0.15) is 10.5 Å². The lowest BCUT2D eigenvalue weighted by molar-refractivity contribution is 0.0997. The van der Waals surface area contributed by atoms with Crippen molar-refractivity contribution in [3.63, 3.8) is 0 Å². The topological polar surface area (TPSA) is 112 Å². The summed E-state index contributed by atoms with van der Waals surface area (Å²) in [6.07, 6.45) is 0. The van der Waals surface area contributed by atoms with Gasteiger partial charge in [0.15, 0.2) is 11.3 Å². The first-order valence-electron chi connectivity index (χ1n) is 4.98. The summed E-state index contributed by atoms with van der Waals surface area (Å²) < 4.78 is 1.40. The van der Waals surface area contributed by atoms with Crippen LogP contribution < -0.4 is 11.5 Å². The highest BCUT2D eigenvalue weighted by molar-refractivity contribution is 6.31. The number of hydrogen-bond acceptors (Lipinski definition) is 5. The molecule has 0 atom stereocenters. The summed E-state index contributed by atoms with van der Waals surface area (Å²) in [6.45, 7) is 0. The standard InChI is InChI=1S/C10H7ClN6O/c11-4-1-2-6-5(3-4)8(12)14-10-7(9(13)18)15-16-17(6)10/h1-3H,(H2,12,14)(H2,13,18). The van der Waals surface area contributed by atoms with Gasteiger partial charge in [-0.25, -0.2) is 4.98 Å². The molecule has 2 heterocycles. The second-order valence-electron chi connectivity index (χ2n) is 3.70. The van der Waals surface area contributed by atoms with Crippen molar-refractivity contribution in [2.75, 3.05) is 5.73 Å². The lowest BCUT2D eigenvalue weighted by atomic mass is 10.2. The van der Waals surface area contributed by atoms with Crippen LogP contribution in [-0.4, -0.2) is 25.7 Å². The average molecular weight is 263 g/mol. The molecule has 8 heteroatoms. The Hall–Kier alpha value is -2.41. The van der Waals surface area contributed by atoms with E-state index < -0.39 is 5.91 Å². The summed E-state index contributed by atoms with van der Waals surface area (Å²) in [5.74, 6) is -0.463. The number of hydrogen-bond donors (Lipinski definition) is 2. The number of nitrogens with two attached hydrogens (primary N) is 2. The van der Waals surface area contributed by atoms with Crippen molar-refractivity contribution >= 4 is 39.9 Å². The average Bonchev–Trinajstić information content (AvgIpc) is 2.73. The minimum Gasteiger partial charge on any atom is -0.383 e. The van der Waals surface area contributed by atoms with Crippen molar-refractivity contribution < 1.29 is 4.79 Å². The van der Waals surface area contributed by atoms with E-state index in [9.17, 15) is 4.79 Å². The van der Waals surface area contributed by atoms with E-state index in [2.05, 4.69) is 15.3 Å². The molecule has 0 radical (unpaired) electrons. The summed E-state index contributed by atoms with van der Waals surface area (Å²) in [4.78, 5) is 15.3. The van der Waals surface area contributed by atoms with Crippen LogP contribution in [0.3, 0.4) is 0 Å². The van der Waals surface area contributed by atoms with Gasteiger partial charge < -0.3 is 11.5 Å². The molecule has 2 aromatic heterocycles. The molecule has 4 N–H and O–H groups in total. The van der Waals surface area contributed by atoms with Crippen LogP contribution >= 0.6 is 11.6 Å². The first-order valence-corrected chi connectivity index (χ1v) is 5.35. The summed E-state index contributed by atoms with van der Waals surface area (Å²) in [6, 6.07) is 5.08. The largest absolute Gasteiger partial charge is 0.383 e. The number of halogens is 1. The molecular formula is C10H7ClN6O. The van der Waals surface area contributed by atoms with Crippen molar-refractivity contribution in [1.29, 1.82) is 0 Å². The second-order valence-corrected chi connectivity index (χ2v) is 4.13. The molecule has 90 valence electrons. The van der Waals surface area contributed by atoms with Crippen molar-refractivity contribution in [3.05, 3.63) is 28.9 Å². The Kier molecular flexibility index (Phi) is 2.11. The molecule has 0 saturated carbocycles. The zero-order chi connectivity index (χ0) is 12.9. The number of rotatable bonds is 1. The molecule has 0 bridgehead atoms. The van der Waals surface area contributed by atoms with Crippen molar-refractivity contribution in [3.8, 4) is 0 Å². The van der Waals surface area contributed by atoms with E-state index in [0.717, 1.165) is 0 Å². The van der Waals surface area contributed by atoms with Crippen molar-refractivity contribution in [2.24, 2.45) is 5.73 Å². The van der Waals surface area contributed by atoms with E-state index in [1.54, 1.807) is 18.2 Å². The van der Waals surface area contributed by atoms with Gasteiger partial charge in [0.1, 0.15) is 5.82 Å². The Morgan fingerprint density at radius 1 is 1.39 bits per heavy atom. The van der Waals surface area contributed by atoms with E-state index in [1.807, 2.05) is 0 Å². The minimum absolute atomic E-state index is 0.0152. The fourth-order valence-electron chi connectivity index (χ4n) is 1.77. The smallest absolute Gasteiger partial charge is 0.273 e. The summed E-state index contributed by atoms with van der Waals surface area (Å²) in [5.41, 5.74) is 11.9. The highest BCUT2D eigenvalue weighted by Crippen LogP contribution is 2.24. The number of nitrogens with zero attached hydrogens (tertiary/aromatic N) is 4. The molecule has 18 heavy (non-hydrogen) atoms. The van der Waals surface area contributed by atoms with Gasteiger partial charge in [0.2, 0.25) is 0 Å². The lowest BCUT2D eigenvalue weighted by Crippen LogP contribution is -2.12. The van der Waals surface area contributed by atoms with E-state index in [1.165, 1.54) is 4.52 Å². The van der Waals surface area contributed by atoms with Crippen LogP contribution in [0.15, 0.2) is 18.2 Å². The number of carbonyl (C=O) groups excluding carboxylic acids is 1. The third-order valence-corrected chi connectivity index (χ3v) is 2.80. The summed E-state index contributed by atoms with van der Waals surface area (Å²) in [7, 11) is 0. The number of nitrogen functional groups attached to an aromatic ring is 1. The molecule has 0 saturated heterocycles. The van der Waals surface area contributed by atoms with Gasteiger partial charge >= 0.3 is 0 Å². The number of carbonyl (C=O) groups is 1. The molecule has 0 aliphatic heterocycles. The van der Waals surface area contributed by atoms with Crippen LogP contribution in [0, 0.1) is 0 Å². The van der Waals surface area contributed by atoms with Gasteiger partial charge in [-0.2, -0.15) is 4.52 Å². The van der Waals surface area contributed by atoms with E-state index >= 15 is 0 Å². The molecule has 0 fully saturated rings. The maximum Gasteiger partial charge on any atom is 0.273 e. The number of benzene rings is 1. The predicted octanol–water partition coefficient (Wildman–Crippen LogP) is 0.612. The van der Waals surface area contributed by atoms with Crippen molar-refractivity contribution in [2.45, 2.75) is 0 Å². The second kappa shape index (κ2) is 3.54. The van der Waals surface area contributed by atoms with Crippen LogP contribution in [0.5, 0.6) is 0 Å². The molecular weight excluding hydrogens is 256 g/mol. The Morgan fingerprint density at radius 2 is 2.17 bits per heavy atom. The maximum atomic E-state index is 11.2. The zero-order valence-corrected chi connectivity index (χ0v) is 9.72. The molecule has 0 unspecified atom stereocenters. The number of amides is 1. The van der Waals surface area contributed by atoms with E-state index in [4.69, 9.17) is 23.1 Å². The zero-order valence-electron chi connectivity index (χ0n) is 8.96. The van der Waals surface area contributed by atoms with Crippen molar-refractivity contribution in [1.82, 2.24) is 19.8 Å². The number of anilines is 1. The van der Waals surface area contributed by atoms with Gasteiger partial charge in [-0.1, -0.05) is 16.8 Å². The predicted molar refractivity (Wildman–Crippen MR) is 66.2 cm³/mol. The van der Waals surface area contributed by atoms with Crippen LogP contribution in [-0.2, 0) is 0 Å². The molecule has 0 aliphatic rings. The van der Waals surface area contributed by atoms with Crippen LogP contribution in [0.25, 0.3) is 16.6 Å².